The molecule has 0 saturated heterocycles. The van der Waals surface area contributed by atoms with Gasteiger partial charge in [0.25, 0.3) is 0 Å². The predicted octanol–water partition coefficient (Wildman–Crippen LogP) is 1.59. The number of aromatic amines is 1. The van der Waals surface area contributed by atoms with Crippen LogP contribution < -0.4 is 10.5 Å². The SMILES string of the molecule is COc1ccc(-c2cn[nH]c2CCN)cc1. The van der Waals surface area contributed by atoms with Gasteiger partial charge in [-0.05, 0) is 24.2 Å². The molecule has 0 atom stereocenters. The van der Waals surface area contributed by atoms with Crippen LogP contribution in [-0.2, 0) is 6.42 Å². The van der Waals surface area contributed by atoms with Gasteiger partial charge in [0.1, 0.15) is 5.75 Å². The molecule has 1 aromatic carbocycles. The van der Waals surface area contributed by atoms with E-state index in [4.69, 9.17) is 10.5 Å². The van der Waals surface area contributed by atoms with E-state index in [2.05, 4.69) is 10.2 Å². The van der Waals surface area contributed by atoms with Crippen LogP contribution in [-0.4, -0.2) is 23.9 Å². The van der Waals surface area contributed by atoms with Crippen molar-refractivity contribution in [2.75, 3.05) is 13.7 Å². The van der Waals surface area contributed by atoms with E-state index in [9.17, 15) is 0 Å². The Morgan fingerprint density at radius 3 is 2.69 bits per heavy atom. The first-order valence-corrected chi connectivity index (χ1v) is 5.22. The van der Waals surface area contributed by atoms with Gasteiger partial charge in [0.2, 0.25) is 0 Å². The summed E-state index contributed by atoms with van der Waals surface area (Å²) < 4.78 is 5.12. The Bertz CT molecular complexity index is 448. The van der Waals surface area contributed by atoms with E-state index in [-0.39, 0.29) is 0 Å². The molecule has 0 aliphatic heterocycles. The van der Waals surface area contributed by atoms with Gasteiger partial charge in [0.05, 0.1) is 13.3 Å². The predicted molar refractivity (Wildman–Crippen MR) is 63.3 cm³/mol. The second-order valence-corrected chi connectivity index (χ2v) is 3.53. The fourth-order valence-corrected chi connectivity index (χ4v) is 1.67. The number of nitrogens with zero attached hydrogens (tertiary/aromatic N) is 1. The van der Waals surface area contributed by atoms with Crippen LogP contribution in [0.25, 0.3) is 11.1 Å². The van der Waals surface area contributed by atoms with Gasteiger partial charge in [-0.2, -0.15) is 5.10 Å². The summed E-state index contributed by atoms with van der Waals surface area (Å²) in [5.41, 5.74) is 8.85. The second kappa shape index (κ2) is 4.81. The van der Waals surface area contributed by atoms with Crippen LogP contribution in [0.4, 0.5) is 0 Å². The molecule has 4 nitrogen and oxygen atoms in total. The third-order valence-corrected chi connectivity index (χ3v) is 2.51. The molecule has 0 amide bonds. The highest BCUT2D eigenvalue weighted by atomic mass is 16.5. The number of H-pyrrole nitrogens is 1. The first-order valence-electron chi connectivity index (χ1n) is 5.22. The standard InChI is InChI=1S/C12H15N3O/c1-16-10-4-2-9(3-5-10)11-8-14-15-12(11)6-7-13/h2-5,8H,6-7,13H2,1H3,(H,14,15). The molecule has 0 saturated carbocycles. The Balaban J connectivity index is 2.31. The zero-order valence-corrected chi connectivity index (χ0v) is 9.23. The van der Waals surface area contributed by atoms with Gasteiger partial charge in [-0.25, -0.2) is 0 Å². The molecule has 3 N–H and O–H groups in total. The minimum atomic E-state index is 0.616. The summed E-state index contributed by atoms with van der Waals surface area (Å²) in [5.74, 6) is 0.854. The number of hydrogen-bond acceptors (Lipinski definition) is 3. The lowest BCUT2D eigenvalue weighted by atomic mass is 10.1. The molecule has 0 unspecified atom stereocenters. The summed E-state index contributed by atoms with van der Waals surface area (Å²) in [6, 6.07) is 7.91. The molecule has 0 bridgehead atoms. The molecule has 2 rings (SSSR count). The number of nitrogens with two attached hydrogens (primary N) is 1. The molecular weight excluding hydrogens is 202 g/mol. The average Bonchev–Trinajstić information content (AvgIpc) is 2.78. The first kappa shape index (κ1) is 10.7. The molecule has 4 heteroatoms. The van der Waals surface area contributed by atoms with Gasteiger partial charge in [-0.3, -0.25) is 5.10 Å². The van der Waals surface area contributed by atoms with E-state index in [1.807, 2.05) is 30.5 Å². The number of rotatable bonds is 4. The lowest BCUT2D eigenvalue weighted by molar-refractivity contribution is 0.415. The van der Waals surface area contributed by atoms with Gasteiger partial charge in [-0.1, -0.05) is 12.1 Å². The van der Waals surface area contributed by atoms with Crippen LogP contribution in [0.1, 0.15) is 5.69 Å². The molecule has 0 aliphatic rings. The van der Waals surface area contributed by atoms with E-state index in [1.54, 1.807) is 7.11 Å². The Hall–Kier alpha value is -1.81. The molecule has 1 aromatic heterocycles. The number of aromatic nitrogens is 2. The smallest absolute Gasteiger partial charge is 0.118 e. The summed E-state index contributed by atoms with van der Waals surface area (Å²) in [5, 5.41) is 7.02. The van der Waals surface area contributed by atoms with Gasteiger partial charge >= 0.3 is 0 Å². The van der Waals surface area contributed by atoms with Crippen molar-refractivity contribution in [3.05, 3.63) is 36.2 Å². The van der Waals surface area contributed by atoms with Crippen LogP contribution in [0.15, 0.2) is 30.5 Å². The van der Waals surface area contributed by atoms with Gasteiger partial charge in [-0.15, -0.1) is 0 Å². The molecule has 16 heavy (non-hydrogen) atoms. The first-order chi connectivity index (χ1) is 7.85. The van der Waals surface area contributed by atoms with Crippen LogP contribution in [0, 0.1) is 0 Å². The van der Waals surface area contributed by atoms with Gasteiger partial charge < -0.3 is 10.5 Å². The normalized spacial score (nSPS) is 10.4. The van der Waals surface area contributed by atoms with E-state index in [0.29, 0.717) is 6.54 Å². The number of nitrogens with one attached hydrogen (secondary N) is 1. The van der Waals surface area contributed by atoms with Crippen molar-refractivity contribution in [3.63, 3.8) is 0 Å². The minimum absolute atomic E-state index is 0.616. The highest BCUT2D eigenvalue weighted by Crippen LogP contribution is 2.24. The topological polar surface area (TPSA) is 63.9 Å². The summed E-state index contributed by atoms with van der Waals surface area (Å²) in [7, 11) is 1.66. The fourth-order valence-electron chi connectivity index (χ4n) is 1.67. The van der Waals surface area contributed by atoms with E-state index in [1.165, 1.54) is 0 Å². The van der Waals surface area contributed by atoms with Crippen molar-refractivity contribution in [1.29, 1.82) is 0 Å². The number of methoxy groups -OCH3 is 1. The Labute approximate surface area is 94.4 Å². The summed E-state index contributed by atoms with van der Waals surface area (Å²) in [6.45, 7) is 0.616. The quantitative estimate of drug-likeness (QED) is 0.817. The van der Waals surface area contributed by atoms with Crippen molar-refractivity contribution in [3.8, 4) is 16.9 Å². The van der Waals surface area contributed by atoms with Crippen LogP contribution in [0.5, 0.6) is 5.75 Å². The lowest BCUT2D eigenvalue weighted by Gasteiger charge is -2.03. The summed E-state index contributed by atoms with van der Waals surface area (Å²) in [6.07, 6.45) is 2.63. The highest BCUT2D eigenvalue weighted by molar-refractivity contribution is 5.65. The fraction of sp³-hybridized carbons (Fsp3) is 0.250. The monoisotopic (exact) mass is 217 g/mol. The van der Waals surface area contributed by atoms with Crippen LogP contribution >= 0.6 is 0 Å². The van der Waals surface area contributed by atoms with Crippen molar-refractivity contribution >= 4 is 0 Å². The lowest BCUT2D eigenvalue weighted by Crippen LogP contribution is -2.03. The maximum Gasteiger partial charge on any atom is 0.118 e. The third-order valence-electron chi connectivity index (χ3n) is 2.51. The van der Waals surface area contributed by atoms with Crippen LogP contribution in [0.2, 0.25) is 0 Å². The molecule has 0 fully saturated rings. The molecule has 0 aliphatic carbocycles. The van der Waals surface area contributed by atoms with Crippen molar-refractivity contribution < 1.29 is 4.74 Å². The average molecular weight is 217 g/mol. The number of hydrogen-bond donors (Lipinski definition) is 2. The van der Waals surface area contributed by atoms with E-state index in [0.717, 1.165) is 29.0 Å². The molecule has 1 heterocycles. The van der Waals surface area contributed by atoms with Crippen molar-refractivity contribution in [2.45, 2.75) is 6.42 Å². The third kappa shape index (κ3) is 2.06. The molecular formula is C12H15N3O. The Morgan fingerprint density at radius 2 is 2.06 bits per heavy atom. The number of ether oxygens (including phenoxy) is 1. The second-order valence-electron chi connectivity index (χ2n) is 3.53. The zero-order valence-electron chi connectivity index (χ0n) is 9.23. The van der Waals surface area contributed by atoms with Crippen LogP contribution in [0.3, 0.4) is 0 Å². The largest absolute Gasteiger partial charge is 0.497 e. The summed E-state index contributed by atoms with van der Waals surface area (Å²) in [4.78, 5) is 0. The van der Waals surface area contributed by atoms with Crippen molar-refractivity contribution in [2.24, 2.45) is 5.73 Å². The van der Waals surface area contributed by atoms with Gasteiger partial charge in [0, 0.05) is 17.7 Å². The number of benzene rings is 1. The highest BCUT2D eigenvalue weighted by Gasteiger charge is 2.06. The maximum absolute atomic E-state index is 5.54. The minimum Gasteiger partial charge on any atom is -0.497 e. The molecule has 84 valence electrons. The van der Waals surface area contributed by atoms with E-state index < -0.39 is 0 Å². The molecule has 0 spiro atoms. The van der Waals surface area contributed by atoms with Gasteiger partial charge in [0.15, 0.2) is 0 Å². The summed E-state index contributed by atoms with van der Waals surface area (Å²) >= 11 is 0. The zero-order chi connectivity index (χ0) is 11.4. The Morgan fingerprint density at radius 1 is 1.31 bits per heavy atom. The Kier molecular flexibility index (Phi) is 3.22. The maximum atomic E-state index is 5.54. The van der Waals surface area contributed by atoms with E-state index >= 15 is 0 Å². The van der Waals surface area contributed by atoms with Crippen molar-refractivity contribution in [1.82, 2.24) is 10.2 Å². The molecule has 0 radical (unpaired) electrons. The molecule has 2 aromatic rings.